The van der Waals surface area contributed by atoms with Gasteiger partial charge >= 0.3 is 0 Å². The lowest BCUT2D eigenvalue weighted by atomic mass is 9.47. The van der Waals surface area contributed by atoms with Gasteiger partial charge in [0.25, 0.3) is 0 Å². The molecule has 0 unspecified atom stereocenters. The van der Waals surface area contributed by atoms with Crippen LogP contribution in [-0.2, 0) is 4.43 Å². The second-order valence-electron chi connectivity index (χ2n) is 14.5. The van der Waals surface area contributed by atoms with E-state index in [-0.39, 0.29) is 6.10 Å². The Labute approximate surface area is 212 Å². The third kappa shape index (κ3) is 4.12. The molecule has 4 rings (SSSR count). The van der Waals surface area contributed by atoms with E-state index in [1.807, 2.05) is 0 Å². The van der Waals surface area contributed by atoms with Crippen LogP contribution < -0.4 is 0 Å². The maximum atomic E-state index is 10.3. The molecule has 8 atom stereocenters. The summed E-state index contributed by atoms with van der Waals surface area (Å²) in [5.41, 5.74) is 4.44. The highest BCUT2D eigenvalue weighted by molar-refractivity contribution is 6.77. The van der Waals surface area contributed by atoms with Gasteiger partial charge in [0.1, 0.15) is 0 Å². The molecule has 0 spiro atoms. The van der Waals surface area contributed by atoms with Gasteiger partial charge < -0.3 is 9.53 Å². The average molecular weight is 489 g/mol. The van der Waals surface area contributed by atoms with Crippen LogP contribution >= 0.6 is 0 Å². The predicted molar refractivity (Wildman–Crippen MR) is 147 cm³/mol. The highest BCUT2D eigenvalue weighted by Gasteiger charge is 2.59. The summed E-state index contributed by atoms with van der Waals surface area (Å²) in [6, 6.07) is 0. The first-order valence-electron chi connectivity index (χ1n) is 14.9. The van der Waals surface area contributed by atoms with Crippen LogP contribution in [0, 0.1) is 40.4 Å². The molecule has 3 saturated carbocycles. The maximum absolute atomic E-state index is 10.3. The van der Waals surface area contributed by atoms with Crippen molar-refractivity contribution < 1.29 is 9.53 Å². The third-order valence-corrected chi connectivity index (χ3v) is 18.2. The molecule has 3 fully saturated rings. The fourth-order valence-corrected chi connectivity index (χ4v) is 16.1. The highest BCUT2D eigenvalue weighted by atomic mass is 28.4. The molecule has 0 saturated heterocycles. The van der Waals surface area contributed by atoms with Gasteiger partial charge in [-0.15, -0.1) is 0 Å². The van der Waals surface area contributed by atoms with Crippen molar-refractivity contribution in [3.05, 3.63) is 11.6 Å². The van der Waals surface area contributed by atoms with Crippen LogP contribution in [0.1, 0.15) is 114 Å². The third-order valence-electron chi connectivity index (χ3n) is 12.1. The van der Waals surface area contributed by atoms with Gasteiger partial charge in [-0.1, -0.05) is 74.0 Å². The number of hydrogen-bond donors (Lipinski definition) is 1. The first-order valence-corrected chi connectivity index (χ1v) is 17.0. The molecule has 4 aliphatic rings. The van der Waals surface area contributed by atoms with Gasteiger partial charge in [0.2, 0.25) is 0 Å². The van der Waals surface area contributed by atoms with Crippen molar-refractivity contribution in [2.45, 2.75) is 136 Å². The monoisotopic (exact) mass is 488 g/mol. The largest absolute Gasteiger partial charge is 0.416 e. The Morgan fingerprint density at radius 1 is 0.912 bits per heavy atom. The van der Waals surface area contributed by atoms with Crippen molar-refractivity contribution >= 4 is 8.32 Å². The molecule has 34 heavy (non-hydrogen) atoms. The minimum absolute atomic E-state index is 0.0976. The Kier molecular flexibility index (Phi) is 7.63. The standard InChI is InChI=1S/C31H56O2Si/c1-20(2)34(21(3)4,22(5)6)33-19-23(7)27-12-13-28-26-11-10-24-18-25(32)14-16-30(24,8)29(26)15-17-31(27,28)9/h10,20-23,25-29,32H,11-19H2,1-9H3/t23-,25+,26+,27-,28+,29+,30+,31-/m1/s1. The van der Waals surface area contributed by atoms with Gasteiger partial charge in [0.05, 0.1) is 6.10 Å². The van der Waals surface area contributed by atoms with Gasteiger partial charge in [-0.2, -0.15) is 0 Å². The molecule has 0 heterocycles. The van der Waals surface area contributed by atoms with Crippen LogP contribution in [0.5, 0.6) is 0 Å². The van der Waals surface area contributed by atoms with Crippen LogP contribution in [0.3, 0.4) is 0 Å². The van der Waals surface area contributed by atoms with Crippen molar-refractivity contribution in [1.29, 1.82) is 0 Å². The number of fused-ring (bicyclic) bond motifs is 5. The summed E-state index contributed by atoms with van der Waals surface area (Å²) in [4.78, 5) is 0. The van der Waals surface area contributed by atoms with E-state index in [4.69, 9.17) is 4.43 Å². The quantitative estimate of drug-likeness (QED) is 0.287. The summed E-state index contributed by atoms with van der Waals surface area (Å²) < 4.78 is 7.12. The van der Waals surface area contributed by atoms with E-state index >= 15 is 0 Å². The topological polar surface area (TPSA) is 29.5 Å². The molecule has 0 aromatic carbocycles. The Morgan fingerprint density at radius 3 is 2.18 bits per heavy atom. The summed E-state index contributed by atoms with van der Waals surface area (Å²) in [7, 11) is -1.80. The molecule has 0 aliphatic heterocycles. The SMILES string of the molecule is CC(C)[Si](OC[C@@H](C)[C@H]1CC[C@H]2[C@@H]3CC=C4C[C@@H](O)CC[C@]4(C)[C@H]3CC[C@]12C)(C(C)C)C(C)C. The summed E-state index contributed by atoms with van der Waals surface area (Å²) in [5.74, 6) is 4.04. The van der Waals surface area contributed by atoms with Crippen molar-refractivity contribution in [2.75, 3.05) is 6.61 Å². The Morgan fingerprint density at radius 2 is 1.56 bits per heavy atom. The maximum Gasteiger partial charge on any atom is 0.200 e. The smallest absolute Gasteiger partial charge is 0.200 e. The van der Waals surface area contributed by atoms with E-state index in [2.05, 4.69) is 68.4 Å². The summed E-state index contributed by atoms with van der Waals surface area (Å²) in [6.07, 6.45) is 12.5. The summed E-state index contributed by atoms with van der Waals surface area (Å²) in [6.45, 7) is 23.2. The molecular weight excluding hydrogens is 432 g/mol. The molecular formula is C31H56O2Si. The number of allylic oxidation sites excluding steroid dienone is 1. The van der Waals surface area contributed by atoms with E-state index in [9.17, 15) is 5.11 Å². The van der Waals surface area contributed by atoms with Crippen LogP contribution in [0.25, 0.3) is 0 Å². The number of hydrogen-bond acceptors (Lipinski definition) is 2. The lowest BCUT2D eigenvalue weighted by molar-refractivity contribution is -0.0595. The molecule has 3 heteroatoms. The van der Waals surface area contributed by atoms with Gasteiger partial charge in [0.15, 0.2) is 8.32 Å². The minimum Gasteiger partial charge on any atom is -0.416 e. The van der Waals surface area contributed by atoms with Gasteiger partial charge in [0, 0.05) is 6.61 Å². The first kappa shape index (κ1) is 26.9. The molecule has 0 radical (unpaired) electrons. The lowest BCUT2D eigenvalue weighted by Crippen LogP contribution is -2.51. The Balaban J connectivity index is 1.50. The molecule has 2 nitrogen and oxygen atoms in total. The first-order chi connectivity index (χ1) is 15.9. The van der Waals surface area contributed by atoms with E-state index in [0.29, 0.717) is 33.4 Å². The fourth-order valence-electron chi connectivity index (χ4n) is 10.5. The summed E-state index contributed by atoms with van der Waals surface area (Å²) >= 11 is 0. The number of rotatable bonds is 7. The minimum atomic E-state index is -1.80. The second kappa shape index (κ2) is 9.64. The van der Waals surface area contributed by atoms with Crippen LogP contribution in [-0.4, -0.2) is 26.1 Å². The molecule has 4 aliphatic carbocycles. The Hall–Kier alpha value is -0.123. The lowest BCUT2D eigenvalue weighted by Gasteiger charge is -2.58. The van der Waals surface area contributed by atoms with Crippen LogP contribution in [0.2, 0.25) is 16.6 Å². The van der Waals surface area contributed by atoms with Crippen LogP contribution in [0.4, 0.5) is 0 Å². The number of aliphatic hydroxyl groups is 1. The zero-order valence-electron chi connectivity index (χ0n) is 24.0. The zero-order chi connectivity index (χ0) is 25.1. The van der Waals surface area contributed by atoms with Gasteiger partial charge in [-0.05, 0) is 108 Å². The fraction of sp³-hybridized carbons (Fsp3) is 0.935. The van der Waals surface area contributed by atoms with E-state index in [0.717, 1.165) is 43.1 Å². The van der Waals surface area contributed by atoms with E-state index < -0.39 is 8.32 Å². The molecule has 0 bridgehead atoms. The van der Waals surface area contributed by atoms with Crippen molar-refractivity contribution in [1.82, 2.24) is 0 Å². The predicted octanol–water partition coefficient (Wildman–Crippen LogP) is 8.75. The average Bonchev–Trinajstić information content (AvgIpc) is 3.11. The van der Waals surface area contributed by atoms with Crippen molar-refractivity contribution in [3.8, 4) is 0 Å². The zero-order valence-corrected chi connectivity index (χ0v) is 25.0. The highest BCUT2D eigenvalue weighted by Crippen LogP contribution is 2.67. The van der Waals surface area contributed by atoms with Crippen LogP contribution in [0.15, 0.2) is 11.6 Å². The summed E-state index contributed by atoms with van der Waals surface area (Å²) in [5, 5.41) is 10.3. The van der Waals surface area contributed by atoms with E-state index in [1.165, 1.54) is 38.5 Å². The molecule has 196 valence electrons. The molecule has 0 aromatic rings. The molecule has 0 amide bonds. The molecule has 0 aromatic heterocycles. The van der Waals surface area contributed by atoms with Gasteiger partial charge in [-0.3, -0.25) is 0 Å². The molecule has 1 N–H and O–H groups in total. The Bertz CT molecular complexity index is 735. The second-order valence-corrected chi connectivity index (χ2v) is 20.0. The van der Waals surface area contributed by atoms with E-state index in [1.54, 1.807) is 5.57 Å². The van der Waals surface area contributed by atoms with Gasteiger partial charge in [-0.25, -0.2) is 0 Å². The number of aliphatic hydroxyl groups excluding tert-OH is 1. The van der Waals surface area contributed by atoms with Crippen molar-refractivity contribution in [2.24, 2.45) is 40.4 Å². The van der Waals surface area contributed by atoms with Crippen molar-refractivity contribution in [3.63, 3.8) is 0 Å². The normalized spacial score (nSPS) is 41.3.